The molecule has 0 unspecified atom stereocenters. The van der Waals surface area contributed by atoms with Gasteiger partial charge in [-0.05, 0) is 36.4 Å². The quantitative estimate of drug-likeness (QED) is 0.772. The highest BCUT2D eigenvalue weighted by molar-refractivity contribution is 6.31. The fraction of sp³-hybridized carbons (Fsp3) is 0.0588. The van der Waals surface area contributed by atoms with Crippen molar-refractivity contribution in [2.45, 2.75) is 6.54 Å². The highest BCUT2D eigenvalue weighted by atomic mass is 35.5. The minimum absolute atomic E-state index is 0.137. The van der Waals surface area contributed by atoms with Gasteiger partial charge >= 0.3 is 0 Å². The first-order chi connectivity index (χ1) is 11.5. The van der Waals surface area contributed by atoms with Crippen LogP contribution in [0.25, 0.3) is 0 Å². The number of amides is 1. The summed E-state index contributed by atoms with van der Waals surface area (Å²) in [5, 5.41) is 7.02. The Labute approximate surface area is 141 Å². The molecule has 0 aliphatic rings. The average molecular weight is 348 g/mol. The van der Waals surface area contributed by atoms with Gasteiger partial charge in [0.15, 0.2) is 0 Å². The van der Waals surface area contributed by atoms with Gasteiger partial charge in [0, 0.05) is 22.3 Å². The van der Waals surface area contributed by atoms with Gasteiger partial charge < -0.3 is 5.32 Å². The van der Waals surface area contributed by atoms with Crippen molar-refractivity contribution in [3.05, 3.63) is 82.6 Å². The Morgan fingerprint density at radius 3 is 2.62 bits per heavy atom. The maximum Gasteiger partial charge on any atom is 0.255 e. The van der Waals surface area contributed by atoms with E-state index in [1.165, 1.54) is 47.3 Å². The number of nitrogens with one attached hydrogen (secondary N) is 1. The molecule has 0 atom stereocenters. The van der Waals surface area contributed by atoms with Gasteiger partial charge in [-0.25, -0.2) is 8.78 Å². The zero-order valence-electron chi connectivity index (χ0n) is 12.3. The van der Waals surface area contributed by atoms with Crippen LogP contribution in [-0.4, -0.2) is 15.7 Å². The van der Waals surface area contributed by atoms with E-state index in [-0.39, 0.29) is 6.54 Å². The molecule has 0 saturated heterocycles. The van der Waals surface area contributed by atoms with Crippen LogP contribution in [0.15, 0.2) is 54.9 Å². The van der Waals surface area contributed by atoms with Gasteiger partial charge in [0.2, 0.25) is 0 Å². The van der Waals surface area contributed by atoms with Gasteiger partial charge in [0.1, 0.15) is 11.6 Å². The first-order valence-electron chi connectivity index (χ1n) is 7.05. The second-order valence-corrected chi connectivity index (χ2v) is 5.50. The SMILES string of the molecule is O=C(Nc1cnn(Cc2c(F)cccc2Cl)c1)c1ccc(F)cc1. The summed E-state index contributed by atoms with van der Waals surface area (Å²) < 4.78 is 28.1. The summed E-state index contributed by atoms with van der Waals surface area (Å²) in [6.45, 7) is 0.137. The molecule has 24 heavy (non-hydrogen) atoms. The number of carbonyl (C=O) groups is 1. The zero-order chi connectivity index (χ0) is 17.1. The number of carbonyl (C=O) groups excluding carboxylic acids is 1. The Kier molecular flexibility index (Phi) is 4.57. The van der Waals surface area contributed by atoms with Crippen LogP contribution >= 0.6 is 11.6 Å². The number of aromatic nitrogens is 2. The van der Waals surface area contributed by atoms with Gasteiger partial charge in [0.25, 0.3) is 5.91 Å². The lowest BCUT2D eigenvalue weighted by Gasteiger charge is -2.06. The third-order valence-electron chi connectivity index (χ3n) is 3.38. The van der Waals surface area contributed by atoms with Crippen molar-refractivity contribution in [1.82, 2.24) is 9.78 Å². The van der Waals surface area contributed by atoms with Crippen molar-refractivity contribution < 1.29 is 13.6 Å². The minimum atomic E-state index is -0.421. The predicted molar refractivity (Wildman–Crippen MR) is 87.1 cm³/mol. The van der Waals surface area contributed by atoms with E-state index in [2.05, 4.69) is 10.4 Å². The van der Waals surface area contributed by atoms with Crippen molar-refractivity contribution in [3.63, 3.8) is 0 Å². The molecule has 122 valence electrons. The molecule has 1 amide bonds. The standard InChI is InChI=1S/C17H12ClF2N3O/c18-15-2-1-3-16(20)14(15)10-23-9-13(8-21-23)22-17(24)11-4-6-12(19)7-5-11/h1-9H,10H2,(H,22,24). The second-order valence-electron chi connectivity index (χ2n) is 5.09. The van der Waals surface area contributed by atoms with Crippen molar-refractivity contribution in [3.8, 4) is 0 Å². The molecule has 2 aromatic carbocycles. The van der Waals surface area contributed by atoms with Crippen molar-refractivity contribution in [1.29, 1.82) is 0 Å². The van der Waals surface area contributed by atoms with E-state index >= 15 is 0 Å². The second kappa shape index (κ2) is 6.80. The molecular formula is C17H12ClF2N3O. The summed E-state index contributed by atoms with van der Waals surface area (Å²) in [6.07, 6.45) is 3.00. The lowest BCUT2D eigenvalue weighted by Crippen LogP contribution is -2.11. The maximum atomic E-state index is 13.8. The number of hydrogen-bond donors (Lipinski definition) is 1. The van der Waals surface area contributed by atoms with Gasteiger partial charge in [-0.2, -0.15) is 5.10 Å². The number of rotatable bonds is 4. The third kappa shape index (κ3) is 3.60. The Morgan fingerprint density at radius 1 is 1.17 bits per heavy atom. The summed E-state index contributed by atoms with van der Waals surface area (Å²) in [6, 6.07) is 9.63. The van der Waals surface area contributed by atoms with Crippen molar-refractivity contribution in [2.75, 3.05) is 5.32 Å². The lowest BCUT2D eigenvalue weighted by atomic mass is 10.2. The van der Waals surface area contributed by atoms with Crippen LogP contribution in [0.5, 0.6) is 0 Å². The van der Waals surface area contributed by atoms with Crippen molar-refractivity contribution in [2.24, 2.45) is 0 Å². The van der Waals surface area contributed by atoms with Crippen LogP contribution in [0.1, 0.15) is 15.9 Å². The topological polar surface area (TPSA) is 46.9 Å². The Hall–Kier alpha value is -2.73. The molecule has 0 bridgehead atoms. The van der Waals surface area contributed by atoms with Crippen molar-refractivity contribution >= 4 is 23.2 Å². The minimum Gasteiger partial charge on any atom is -0.319 e. The number of hydrogen-bond acceptors (Lipinski definition) is 2. The molecule has 0 fully saturated rings. The molecule has 7 heteroatoms. The van der Waals surface area contributed by atoms with E-state index in [1.54, 1.807) is 12.3 Å². The third-order valence-corrected chi connectivity index (χ3v) is 3.73. The maximum absolute atomic E-state index is 13.8. The van der Waals surface area contributed by atoms with Crippen LogP contribution in [-0.2, 0) is 6.54 Å². The van der Waals surface area contributed by atoms with Gasteiger partial charge in [-0.3, -0.25) is 9.48 Å². The molecule has 3 aromatic rings. The predicted octanol–water partition coefficient (Wildman–Crippen LogP) is 4.12. The van der Waals surface area contributed by atoms with E-state index in [9.17, 15) is 13.6 Å². The normalized spacial score (nSPS) is 10.6. The first kappa shape index (κ1) is 16.1. The summed E-state index contributed by atoms with van der Waals surface area (Å²) in [4.78, 5) is 12.0. The van der Waals surface area contributed by atoms with E-state index in [0.29, 0.717) is 21.8 Å². The van der Waals surface area contributed by atoms with Crippen LogP contribution < -0.4 is 5.32 Å². The van der Waals surface area contributed by atoms with Gasteiger partial charge in [-0.1, -0.05) is 17.7 Å². The molecule has 1 heterocycles. The Balaban J connectivity index is 1.71. The van der Waals surface area contributed by atoms with Crippen LogP contribution in [0.2, 0.25) is 5.02 Å². The molecule has 0 aliphatic carbocycles. The van der Waals surface area contributed by atoms with E-state index < -0.39 is 17.5 Å². The lowest BCUT2D eigenvalue weighted by molar-refractivity contribution is 0.102. The summed E-state index contributed by atoms with van der Waals surface area (Å²) in [5.74, 6) is -1.23. The highest BCUT2D eigenvalue weighted by Gasteiger charge is 2.10. The highest BCUT2D eigenvalue weighted by Crippen LogP contribution is 2.20. The molecule has 0 radical (unpaired) electrons. The zero-order valence-corrected chi connectivity index (χ0v) is 13.1. The molecule has 0 aliphatic heterocycles. The largest absolute Gasteiger partial charge is 0.319 e. The molecular weight excluding hydrogens is 336 g/mol. The molecule has 1 N–H and O–H groups in total. The summed E-state index contributed by atoms with van der Waals surface area (Å²) in [5.41, 5.74) is 1.08. The number of anilines is 1. The molecule has 3 rings (SSSR count). The van der Waals surface area contributed by atoms with Gasteiger partial charge in [0.05, 0.1) is 18.4 Å². The van der Waals surface area contributed by atoms with Gasteiger partial charge in [-0.15, -0.1) is 0 Å². The van der Waals surface area contributed by atoms with Crippen LogP contribution in [0, 0.1) is 11.6 Å². The van der Waals surface area contributed by atoms with E-state index in [0.717, 1.165) is 0 Å². The number of benzene rings is 2. The molecule has 0 saturated carbocycles. The number of nitrogens with zero attached hydrogens (tertiary/aromatic N) is 2. The van der Waals surface area contributed by atoms with Crippen LogP contribution in [0.3, 0.4) is 0 Å². The van der Waals surface area contributed by atoms with Crippen LogP contribution in [0.4, 0.5) is 14.5 Å². The summed E-state index contributed by atoms with van der Waals surface area (Å²) in [7, 11) is 0. The summed E-state index contributed by atoms with van der Waals surface area (Å²) >= 11 is 5.98. The Morgan fingerprint density at radius 2 is 1.92 bits per heavy atom. The fourth-order valence-electron chi connectivity index (χ4n) is 2.16. The monoisotopic (exact) mass is 347 g/mol. The van der Waals surface area contributed by atoms with E-state index in [1.807, 2.05) is 0 Å². The molecule has 0 spiro atoms. The smallest absolute Gasteiger partial charge is 0.255 e. The Bertz CT molecular complexity index is 858. The number of halogens is 3. The fourth-order valence-corrected chi connectivity index (χ4v) is 2.39. The molecule has 1 aromatic heterocycles. The molecule has 4 nitrogen and oxygen atoms in total. The first-order valence-corrected chi connectivity index (χ1v) is 7.43. The average Bonchev–Trinajstić information content (AvgIpc) is 2.99. The van der Waals surface area contributed by atoms with E-state index in [4.69, 9.17) is 11.6 Å².